The zero-order valence-corrected chi connectivity index (χ0v) is 13.2. The summed E-state index contributed by atoms with van der Waals surface area (Å²) in [6.07, 6.45) is 0. The molecular formula is C18H16N4O. The van der Waals surface area contributed by atoms with Crippen molar-refractivity contribution in [2.24, 2.45) is 0 Å². The van der Waals surface area contributed by atoms with E-state index in [1.54, 1.807) is 11.8 Å². The van der Waals surface area contributed by atoms with E-state index in [0.29, 0.717) is 11.4 Å². The normalized spacial score (nSPS) is 10.3. The van der Waals surface area contributed by atoms with Gasteiger partial charge in [-0.15, -0.1) is 5.10 Å². The number of hydrogen-bond acceptors (Lipinski definition) is 4. The van der Waals surface area contributed by atoms with E-state index in [2.05, 4.69) is 16.4 Å². The highest BCUT2D eigenvalue weighted by Crippen LogP contribution is 2.28. The van der Waals surface area contributed by atoms with Gasteiger partial charge in [-0.3, -0.25) is 0 Å². The summed E-state index contributed by atoms with van der Waals surface area (Å²) in [6, 6.07) is 15.8. The molecular weight excluding hydrogens is 288 g/mol. The van der Waals surface area contributed by atoms with Gasteiger partial charge in [0.05, 0.1) is 12.8 Å². The van der Waals surface area contributed by atoms with Crippen molar-refractivity contribution in [3.63, 3.8) is 0 Å². The van der Waals surface area contributed by atoms with Crippen molar-refractivity contribution in [3.05, 3.63) is 59.3 Å². The highest BCUT2D eigenvalue weighted by molar-refractivity contribution is 5.68. The van der Waals surface area contributed by atoms with Crippen LogP contribution in [0.25, 0.3) is 16.9 Å². The summed E-state index contributed by atoms with van der Waals surface area (Å²) >= 11 is 0. The molecule has 3 rings (SSSR count). The number of ether oxygens (including phenoxy) is 1. The number of methoxy groups -OCH3 is 1. The summed E-state index contributed by atoms with van der Waals surface area (Å²) in [7, 11) is 1.62. The van der Waals surface area contributed by atoms with Crippen LogP contribution in [0.5, 0.6) is 5.75 Å². The Bertz CT molecular complexity index is 888. The Morgan fingerprint density at radius 2 is 1.83 bits per heavy atom. The van der Waals surface area contributed by atoms with Gasteiger partial charge >= 0.3 is 0 Å². The molecule has 5 heteroatoms. The van der Waals surface area contributed by atoms with Crippen molar-refractivity contribution in [1.82, 2.24) is 15.0 Å². The lowest BCUT2D eigenvalue weighted by molar-refractivity contribution is 0.415. The van der Waals surface area contributed by atoms with Gasteiger partial charge in [0, 0.05) is 5.56 Å². The summed E-state index contributed by atoms with van der Waals surface area (Å²) in [6.45, 7) is 4.04. The maximum absolute atomic E-state index is 9.37. The van der Waals surface area contributed by atoms with Crippen molar-refractivity contribution >= 4 is 0 Å². The first-order valence-corrected chi connectivity index (χ1v) is 7.22. The molecule has 0 unspecified atom stereocenters. The van der Waals surface area contributed by atoms with Crippen LogP contribution in [0.1, 0.15) is 16.8 Å². The van der Waals surface area contributed by atoms with Crippen LogP contribution in [0.2, 0.25) is 0 Å². The van der Waals surface area contributed by atoms with E-state index < -0.39 is 0 Å². The van der Waals surface area contributed by atoms with Crippen molar-refractivity contribution in [2.45, 2.75) is 13.8 Å². The van der Waals surface area contributed by atoms with E-state index in [4.69, 9.17) is 4.74 Å². The number of benzene rings is 2. The third-order valence-electron chi connectivity index (χ3n) is 3.73. The van der Waals surface area contributed by atoms with Gasteiger partial charge in [0.15, 0.2) is 5.69 Å². The quantitative estimate of drug-likeness (QED) is 0.743. The molecule has 0 bridgehead atoms. The average molecular weight is 304 g/mol. The van der Waals surface area contributed by atoms with Gasteiger partial charge < -0.3 is 4.74 Å². The fraction of sp³-hybridized carbons (Fsp3) is 0.167. The van der Waals surface area contributed by atoms with Crippen LogP contribution in [0.4, 0.5) is 0 Å². The van der Waals surface area contributed by atoms with E-state index in [-0.39, 0.29) is 0 Å². The Morgan fingerprint density at radius 3 is 2.48 bits per heavy atom. The maximum atomic E-state index is 9.37. The molecule has 0 aliphatic heterocycles. The van der Waals surface area contributed by atoms with Crippen LogP contribution >= 0.6 is 0 Å². The molecule has 0 saturated carbocycles. The highest BCUT2D eigenvalue weighted by atomic mass is 16.5. The molecule has 23 heavy (non-hydrogen) atoms. The fourth-order valence-corrected chi connectivity index (χ4v) is 2.48. The van der Waals surface area contributed by atoms with Gasteiger partial charge in [0.25, 0.3) is 0 Å². The molecule has 1 heterocycles. The minimum absolute atomic E-state index is 0.302. The highest BCUT2D eigenvalue weighted by Gasteiger charge is 2.17. The number of nitrogens with zero attached hydrogens (tertiary/aromatic N) is 4. The fourth-order valence-electron chi connectivity index (χ4n) is 2.48. The smallest absolute Gasteiger partial charge is 0.191 e. The molecule has 0 amide bonds. The van der Waals surface area contributed by atoms with Gasteiger partial charge in [-0.2, -0.15) is 5.26 Å². The van der Waals surface area contributed by atoms with E-state index >= 15 is 0 Å². The summed E-state index contributed by atoms with van der Waals surface area (Å²) in [5.74, 6) is 0.762. The van der Waals surface area contributed by atoms with Gasteiger partial charge in [-0.25, -0.2) is 4.68 Å². The molecule has 0 saturated heterocycles. The molecule has 0 aliphatic carbocycles. The predicted octanol–water partition coefficient (Wildman–Crippen LogP) is 3.43. The summed E-state index contributed by atoms with van der Waals surface area (Å²) in [4.78, 5) is 0. The molecule has 0 N–H and O–H groups in total. The zero-order valence-electron chi connectivity index (χ0n) is 13.2. The van der Waals surface area contributed by atoms with Gasteiger partial charge in [0.1, 0.15) is 17.5 Å². The van der Waals surface area contributed by atoms with Crippen LogP contribution in [0, 0.1) is 25.2 Å². The lowest BCUT2D eigenvalue weighted by Crippen LogP contribution is -2.02. The first-order chi connectivity index (χ1) is 11.1. The van der Waals surface area contributed by atoms with Gasteiger partial charge in [0.2, 0.25) is 0 Å². The van der Waals surface area contributed by atoms with Crippen LogP contribution in [0.15, 0.2) is 42.5 Å². The third kappa shape index (κ3) is 2.67. The SMILES string of the molecule is COc1ccc(-c2c(C#N)nnn2-c2cc(C)ccc2C)cc1. The first kappa shape index (κ1) is 14.8. The molecule has 114 valence electrons. The van der Waals surface area contributed by atoms with E-state index in [1.165, 1.54) is 0 Å². The second-order valence-corrected chi connectivity index (χ2v) is 5.33. The Morgan fingerprint density at radius 1 is 1.09 bits per heavy atom. The summed E-state index contributed by atoms with van der Waals surface area (Å²) < 4.78 is 6.91. The van der Waals surface area contributed by atoms with Crippen molar-refractivity contribution in [3.8, 4) is 28.8 Å². The van der Waals surface area contributed by atoms with Crippen LogP contribution in [-0.4, -0.2) is 22.1 Å². The molecule has 0 spiro atoms. The van der Waals surface area contributed by atoms with Crippen molar-refractivity contribution in [1.29, 1.82) is 5.26 Å². The summed E-state index contributed by atoms with van der Waals surface area (Å²) in [5, 5.41) is 17.6. The second-order valence-electron chi connectivity index (χ2n) is 5.33. The predicted molar refractivity (Wildman–Crippen MR) is 87.5 cm³/mol. The lowest BCUT2D eigenvalue weighted by atomic mass is 10.1. The molecule has 0 aliphatic rings. The minimum atomic E-state index is 0.302. The van der Waals surface area contributed by atoms with Crippen molar-refractivity contribution < 1.29 is 4.74 Å². The molecule has 5 nitrogen and oxygen atoms in total. The molecule has 0 fully saturated rings. The van der Waals surface area contributed by atoms with E-state index in [1.807, 2.05) is 56.3 Å². The summed E-state index contributed by atoms with van der Waals surface area (Å²) in [5.41, 5.74) is 4.97. The second kappa shape index (κ2) is 5.93. The zero-order chi connectivity index (χ0) is 16.4. The monoisotopic (exact) mass is 304 g/mol. The number of aromatic nitrogens is 3. The first-order valence-electron chi connectivity index (χ1n) is 7.22. The van der Waals surface area contributed by atoms with Crippen LogP contribution in [-0.2, 0) is 0 Å². The molecule has 1 aromatic heterocycles. The topological polar surface area (TPSA) is 63.7 Å². The van der Waals surface area contributed by atoms with E-state index in [9.17, 15) is 5.26 Å². The average Bonchev–Trinajstić information content (AvgIpc) is 3.01. The Hall–Kier alpha value is -3.13. The molecule has 0 radical (unpaired) electrons. The lowest BCUT2D eigenvalue weighted by Gasteiger charge is -2.11. The number of aryl methyl sites for hydroxylation is 2. The number of nitriles is 1. The van der Waals surface area contributed by atoms with Gasteiger partial charge in [-0.1, -0.05) is 17.3 Å². The third-order valence-corrected chi connectivity index (χ3v) is 3.73. The number of hydrogen-bond donors (Lipinski definition) is 0. The Labute approximate surface area is 134 Å². The van der Waals surface area contributed by atoms with E-state index in [0.717, 1.165) is 28.1 Å². The minimum Gasteiger partial charge on any atom is -0.497 e. The molecule has 2 aromatic carbocycles. The molecule has 0 atom stereocenters. The maximum Gasteiger partial charge on any atom is 0.191 e. The van der Waals surface area contributed by atoms with Gasteiger partial charge in [-0.05, 0) is 55.3 Å². The largest absolute Gasteiger partial charge is 0.497 e. The van der Waals surface area contributed by atoms with Crippen LogP contribution < -0.4 is 4.74 Å². The Kier molecular flexibility index (Phi) is 3.82. The van der Waals surface area contributed by atoms with Crippen molar-refractivity contribution in [2.75, 3.05) is 7.11 Å². The van der Waals surface area contributed by atoms with Crippen LogP contribution in [0.3, 0.4) is 0 Å². The molecule has 3 aromatic rings. The standard InChI is InChI=1S/C18H16N4O/c1-12-4-5-13(2)17(10-12)22-18(16(11-19)20-21-22)14-6-8-15(23-3)9-7-14/h4-10H,1-3H3. The Balaban J connectivity index is 2.21. The number of rotatable bonds is 3.